The maximum atomic E-state index is 13.8. The third-order valence-electron chi connectivity index (χ3n) is 7.66. The summed E-state index contributed by atoms with van der Waals surface area (Å²) in [5.41, 5.74) is 2.41. The molecule has 0 saturated heterocycles. The number of benzene rings is 3. The number of aliphatic hydroxyl groups excluding tert-OH is 1. The quantitative estimate of drug-likeness (QED) is 0.335. The number of ether oxygens (including phenoxy) is 4. The van der Waals surface area contributed by atoms with Crippen molar-refractivity contribution >= 4 is 23.3 Å². The minimum Gasteiger partial charge on any atom is -0.497 e. The van der Waals surface area contributed by atoms with Crippen LogP contribution < -0.4 is 29.6 Å². The summed E-state index contributed by atoms with van der Waals surface area (Å²) in [6, 6.07) is 17.2. The van der Waals surface area contributed by atoms with Gasteiger partial charge in [0, 0.05) is 43.0 Å². The van der Waals surface area contributed by atoms with Crippen LogP contribution in [0, 0.1) is 5.92 Å². The lowest BCUT2D eigenvalue weighted by molar-refractivity contribution is 0.0341. The third kappa shape index (κ3) is 7.12. The summed E-state index contributed by atoms with van der Waals surface area (Å²) in [5.74, 6) is 2.12. The molecule has 11 heteroatoms. The fourth-order valence-corrected chi connectivity index (χ4v) is 5.20. The van der Waals surface area contributed by atoms with E-state index in [0.29, 0.717) is 53.8 Å². The predicted molar refractivity (Wildman–Crippen MR) is 162 cm³/mol. The van der Waals surface area contributed by atoms with Crippen molar-refractivity contribution in [2.24, 2.45) is 5.92 Å². The van der Waals surface area contributed by atoms with Gasteiger partial charge in [-0.15, -0.1) is 0 Å². The van der Waals surface area contributed by atoms with Crippen molar-refractivity contribution in [2.75, 3.05) is 51.3 Å². The van der Waals surface area contributed by atoms with E-state index in [9.17, 15) is 14.7 Å². The van der Waals surface area contributed by atoms with Crippen molar-refractivity contribution in [3.8, 4) is 23.0 Å². The summed E-state index contributed by atoms with van der Waals surface area (Å²) in [6.07, 6.45) is -0.239. The van der Waals surface area contributed by atoms with Gasteiger partial charge in [0.1, 0.15) is 17.6 Å². The fourth-order valence-electron chi connectivity index (χ4n) is 5.20. The molecule has 5 rings (SSSR count). The van der Waals surface area contributed by atoms with Gasteiger partial charge in [-0.1, -0.05) is 19.1 Å². The van der Waals surface area contributed by atoms with Crippen LogP contribution in [0.25, 0.3) is 0 Å². The number of amides is 3. The first-order chi connectivity index (χ1) is 20.7. The lowest BCUT2D eigenvalue weighted by atomic mass is 9.99. The molecule has 3 amide bonds. The number of likely N-dealkylation sites (N-methyl/N-ethyl adjacent to an activating group) is 1. The van der Waals surface area contributed by atoms with E-state index in [1.807, 2.05) is 38.2 Å². The standard InChI is InChI=1S/C32H38N4O7/c1-20-15-36(21(2)18-37)31(38)26-13-23(33-32(39)34-24-8-12-28-29(14-24)42-19-41-28)7-11-27(26)43-30(20)17-35(3)16-22-5-9-25(40-4)10-6-22/h5-14,20-21,30,37H,15-19H2,1-4H3,(H2,33,34,39)/t20-,21+,30-/m0/s1. The number of aliphatic hydroxyl groups is 1. The van der Waals surface area contributed by atoms with E-state index in [-0.39, 0.29) is 31.3 Å². The average Bonchev–Trinajstić information content (AvgIpc) is 3.47. The molecule has 43 heavy (non-hydrogen) atoms. The molecule has 2 aliphatic rings. The van der Waals surface area contributed by atoms with Crippen molar-refractivity contribution in [3.63, 3.8) is 0 Å². The topological polar surface area (TPSA) is 122 Å². The molecular formula is C32H38N4O7. The molecule has 0 bridgehead atoms. The minimum absolute atomic E-state index is 0.0188. The third-order valence-corrected chi connectivity index (χ3v) is 7.66. The number of carbonyl (C=O) groups is 2. The molecule has 0 fully saturated rings. The highest BCUT2D eigenvalue weighted by Crippen LogP contribution is 2.34. The van der Waals surface area contributed by atoms with E-state index in [1.54, 1.807) is 48.4 Å². The Morgan fingerprint density at radius 3 is 2.42 bits per heavy atom. The van der Waals surface area contributed by atoms with Crippen LogP contribution in [0.15, 0.2) is 60.7 Å². The zero-order valence-electron chi connectivity index (χ0n) is 24.8. The van der Waals surface area contributed by atoms with E-state index >= 15 is 0 Å². The highest BCUT2D eigenvalue weighted by molar-refractivity contribution is 6.02. The Balaban J connectivity index is 1.33. The van der Waals surface area contributed by atoms with Gasteiger partial charge in [-0.05, 0) is 62.0 Å². The monoisotopic (exact) mass is 590 g/mol. The highest BCUT2D eigenvalue weighted by atomic mass is 16.7. The van der Waals surface area contributed by atoms with Gasteiger partial charge < -0.3 is 39.6 Å². The van der Waals surface area contributed by atoms with Gasteiger partial charge in [-0.2, -0.15) is 0 Å². The smallest absolute Gasteiger partial charge is 0.323 e. The van der Waals surface area contributed by atoms with Crippen molar-refractivity contribution < 1.29 is 33.6 Å². The summed E-state index contributed by atoms with van der Waals surface area (Å²) in [5, 5.41) is 15.5. The molecular weight excluding hydrogens is 552 g/mol. The summed E-state index contributed by atoms with van der Waals surface area (Å²) >= 11 is 0. The Bertz CT molecular complexity index is 1450. The summed E-state index contributed by atoms with van der Waals surface area (Å²) in [4.78, 5) is 30.4. The maximum absolute atomic E-state index is 13.8. The first-order valence-corrected chi connectivity index (χ1v) is 14.3. The van der Waals surface area contributed by atoms with E-state index < -0.39 is 12.1 Å². The summed E-state index contributed by atoms with van der Waals surface area (Å²) in [7, 11) is 3.68. The second kappa shape index (κ2) is 13.2. The van der Waals surface area contributed by atoms with Crippen LogP contribution >= 0.6 is 0 Å². The van der Waals surface area contributed by atoms with Crippen LogP contribution in [0.4, 0.5) is 16.2 Å². The van der Waals surface area contributed by atoms with Gasteiger partial charge in [-0.3, -0.25) is 9.69 Å². The molecule has 0 aliphatic carbocycles. The Hall–Kier alpha value is -4.48. The van der Waals surface area contributed by atoms with E-state index in [0.717, 1.165) is 11.3 Å². The first-order valence-electron chi connectivity index (χ1n) is 14.3. The Morgan fingerprint density at radius 2 is 1.72 bits per heavy atom. The molecule has 3 aromatic carbocycles. The minimum atomic E-state index is -0.481. The lowest BCUT2D eigenvalue weighted by Crippen LogP contribution is -2.49. The molecule has 228 valence electrons. The molecule has 2 aliphatic heterocycles. The van der Waals surface area contributed by atoms with Gasteiger partial charge >= 0.3 is 6.03 Å². The number of nitrogens with one attached hydrogen (secondary N) is 2. The van der Waals surface area contributed by atoms with Crippen molar-refractivity contribution in [2.45, 2.75) is 32.5 Å². The number of methoxy groups -OCH3 is 1. The lowest BCUT2D eigenvalue weighted by Gasteiger charge is -2.38. The molecule has 2 heterocycles. The summed E-state index contributed by atoms with van der Waals surface area (Å²) in [6.45, 7) is 5.56. The van der Waals surface area contributed by atoms with Crippen LogP contribution in [0.1, 0.15) is 29.8 Å². The van der Waals surface area contributed by atoms with E-state index in [1.165, 1.54) is 0 Å². The van der Waals surface area contributed by atoms with Crippen LogP contribution in [-0.4, -0.2) is 79.6 Å². The number of carbonyl (C=O) groups excluding carboxylic acids is 2. The number of rotatable bonds is 9. The second-order valence-electron chi connectivity index (χ2n) is 11.0. The fraction of sp³-hybridized carbons (Fsp3) is 0.375. The molecule has 0 aromatic heterocycles. The number of hydrogen-bond acceptors (Lipinski definition) is 8. The number of hydrogen-bond donors (Lipinski definition) is 3. The highest BCUT2D eigenvalue weighted by Gasteiger charge is 2.33. The van der Waals surface area contributed by atoms with Crippen molar-refractivity contribution in [1.82, 2.24) is 9.80 Å². The molecule has 0 unspecified atom stereocenters. The number of nitrogens with zero attached hydrogens (tertiary/aromatic N) is 2. The van der Waals surface area contributed by atoms with Crippen LogP contribution in [0.3, 0.4) is 0 Å². The van der Waals surface area contributed by atoms with Gasteiger partial charge in [-0.25, -0.2) is 4.79 Å². The van der Waals surface area contributed by atoms with Gasteiger partial charge in [0.2, 0.25) is 6.79 Å². The second-order valence-corrected chi connectivity index (χ2v) is 11.0. The summed E-state index contributed by atoms with van der Waals surface area (Å²) < 4.78 is 22.5. The average molecular weight is 591 g/mol. The molecule has 3 aromatic rings. The Morgan fingerprint density at radius 1 is 1.05 bits per heavy atom. The van der Waals surface area contributed by atoms with Crippen molar-refractivity contribution in [1.29, 1.82) is 0 Å². The number of urea groups is 1. The molecule has 3 N–H and O–H groups in total. The Kier molecular flexibility index (Phi) is 9.22. The molecule has 3 atom stereocenters. The van der Waals surface area contributed by atoms with Crippen LogP contribution in [-0.2, 0) is 6.54 Å². The van der Waals surface area contributed by atoms with Gasteiger partial charge in [0.15, 0.2) is 11.5 Å². The zero-order valence-corrected chi connectivity index (χ0v) is 24.8. The van der Waals surface area contributed by atoms with E-state index in [4.69, 9.17) is 18.9 Å². The molecule has 0 radical (unpaired) electrons. The normalized spacial score (nSPS) is 18.3. The number of fused-ring (bicyclic) bond motifs is 2. The van der Waals surface area contributed by atoms with Crippen molar-refractivity contribution in [3.05, 3.63) is 71.8 Å². The Labute approximate surface area is 251 Å². The SMILES string of the molecule is COc1ccc(CN(C)C[C@@H]2Oc3ccc(NC(=O)Nc4ccc5c(c4)OCO5)cc3C(=O)N([C@H](C)CO)C[C@@H]2C)cc1. The van der Waals surface area contributed by atoms with E-state index in [2.05, 4.69) is 22.5 Å². The van der Waals surface area contributed by atoms with Gasteiger partial charge in [0.05, 0.1) is 25.3 Å². The molecule has 0 saturated carbocycles. The maximum Gasteiger partial charge on any atom is 0.323 e. The first kappa shape index (κ1) is 30.0. The van der Waals surface area contributed by atoms with Crippen LogP contribution in [0.2, 0.25) is 0 Å². The zero-order chi connectivity index (χ0) is 30.5. The van der Waals surface area contributed by atoms with Crippen LogP contribution in [0.5, 0.6) is 23.0 Å². The molecule has 11 nitrogen and oxygen atoms in total. The largest absolute Gasteiger partial charge is 0.497 e. The number of anilines is 2. The van der Waals surface area contributed by atoms with Gasteiger partial charge in [0.25, 0.3) is 5.91 Å². The predicted octanol–water partition coefficient (Wildman–Crippen LogP) is 4.42. The molecule has 0 spiro atoms.